The Balaban J connectivity index is 2.41. The molecule has 1 atom stereocenters. The lowest BCUT2D eigenvalue weighted by Gasteiger charge is -2.24. The van der Waals surface area contributed by atoms with Crippen LogP contribution < -0.4 is 0 Å². The third-order valence-electron chi connectivity index (χ3n) is 4.09. The van der Waals surface area contributed by atoms with Crippen molar-refractivity contribution in [2.75, 3.05) is 27.2 Å². The Morgan fingerprint density at radius 1 is 1.00 bits per heavy atom. The first kappa shape index (κ1) is 17.6. The number of likely N-dealkylation sites (N-methyl/N-ethyl adjacent to an activating group) is 1. The van der Waals surface area contributed by atoms with E-state index in [1.165, 1.54) is 16.7 Å². The molecule has 0 aliphatic heterocycles. The van der Waals surface area contributed by atoms with E-state index in [-0.39, 0.29) is 6.10 Å². The minimum Gasteiger partial charge on any atom is -0.366 e. The van der Waals surface area contributed by atoms with Crippen molar-refractivity contribution in [2.24, 2.45) is 0 Å². The predicted octanol–water partition coefficient (Wildman–Crippen LogP) is 3.87. The number of hydrogen-bond acceptors (Lipinski definition) is 3. The SMILES string of the molecule is CCc1cccc(CC)c1[C@H](OCCN(C)C)c1ccccn1. The van der Waals surface area contributed by atoms with Crippen LogP contribution in [0.3, 0.4) is 0 Å². The van der Waals surface area contributed by atoms with Crippen molar-refractivity contribution >= 4 is 0 Å². The standard InChI is InChI=1S/C20H28N2O/c1-5-16-10-9-11-17(6-2)19(16)20(23-15-14-22(3)4)18-12-7-8-13-21-18/h7-13,20H,5-6,14-15H2,1-4H3/t20-/m1/s1. The molecule has 0 amide bonds. The summed E-state index contributed by atoms with van der Waals surface area (Å²) in [6.45, 7) is 6.00. The number of ether oxygens (including phenoxy) is 1. The second-order valence-corrected chi connectivity index (χ2v) is 6.01. The Morgan fingerprint density at radius 2 is 1.70 bits per heavy atom. The zero-order valence-corrected chi connectivity index (χ0v) is 14.7. The summed E-state index contributed by atoms with van der Waals surface area (Å²) in [5, 5.41) is 0. The van der Waals surface area contributed by atoms with Gasteiger partial charge in [-0.3, -0.25) is 4.98 Å². The molecule has 0 aliphatic carbocycles. The molecule has 0 bridgehead atoms. The Morgan fingerprint density at radius 3 is 2.22 bits per heavy atom. The molecule has 0 saturated heterocycles. The lowest BCUT2D eigenvalue weighted by atomic mass is 9.91. The van der Waals surface area contributed by atoms with Crippen LogP contribution in [-0.4, -0.2) is 37.1 Å². The highest BCUT2D eigenvalue weighted by Gasteiger charge is 2.21. The fourth-order valence-electron chi connectivity index (χ4n) is 2.82. The van der Waals surface area contributed by atoms with Gasteiger partial charge in [-0.15, -0.1) is 0 Å². The molecule has 3 nitrogen and oxygen atoms in total. The third-order valence-corrected chi connectivity index (χ3v) is 4.09. The molecular formula is C20H28N2O. The van der Waals surface area contributed by atoms with E-state index in [0.717, 1.165) is 25.1 Å². The molecule has 0 aliphatic rings. The number of rotatable bonds is 8. The zero-order chi connectivity index (χ0) is 16.7. The summed E-state index contributed by atoms with van der Waals surface area (Å²) >= 11 is 0. The summed E-state index contributed by atoms with van der Waals surface area (Å²) in [5.74, 6) is 0. The van der Waals surface area contributed by atoms with Crippen LogP contribution in [0.15, 0.2) is 42.6 Å². The highest BCUT2D eigenvalue weighted by Crippen LogP contribution is 2.31. The van der Waals surface area contributed by atoms with Gasteiger partial charge in [0.2, 0.25) is 0 Å². The molecule has 2 rings (SSSR count). The van der Waals surface area contributed by atoms with Crippen LogP contribution in [0.2, 0.25) is 0 Å². The fraction of sp³-hybridized carbons (Fsp3) is 0.450. The maximum Gasteiger partial charge on any atom is 0.125 e. The summed E-state index contributed by atoms with van der Waals surface area (Å²) in [6, 6.07) is 12.6. The maximum absolute atomic E-state index is 6.31. The van der Waals surface area contributed by atoms with Gasteiger partial charge in [0.1, 0.15) is 6.10 Å². The van der Waals surface area contributed by atoms with Gasteiger partial charge < -0.3 is 9.64 Å². The average Bonchev–Trinajstić information content (AvgIpc) is 2.58. The number of pyridine rings is 1. The lowest BCUT2D eigenvalue weighted by molar-refractivity contribution is 0.0652. The van der Waals surface area contributed by atoms with Gasteiger partial charge in [0.05, 0.1) is 12.3 Å². The molecule has 0 fully saturated rings. The van der Waals surface area contributed by atoms with Gasteiger partial charge in [0, 0.05) is 12.7 Å². The summed E-state index contributed by atoms with van der Waals surface area (Å²) in [5.41, 5.74) is 4.99. The van der Waals surface area contributed by atoms with Crippen molar-refractivity contribution in [1.82, 2.24) is 9.88 Å². The van der Waals surface area contributed by atoms with Crippen LogP contribution in [0.5, 0.6) is 0 Å². The molecule has 0 N–H and O–H groups in total. The summed E-state index contributed by atoms with van der Waals surface area (Å²) in [6.07, 6.45) is 3.76. The quantitative estimate of drug-likeness (QED) is 0.740. The van der Waals surface area contributed by atoms with Gasteiger partial charge >= 0.3 is 0 Å². The van der Waals surface area contributed by atoms with E-state index in [4.69, 9.17) is 4.74 Å². The molecule has 0 radical (unpaired) electrons. The molecule has 0 saturated carbocycles. The minimum atomic E-state index is -0.0951. The van der Waals surface area contributed by atoms with Gasteiger partial charge in [0.25, 0.3) is 0 Å². The largest absolute Gasteiger partial charge is 0.366 e. The number of aromatic nitrogens is 1. The summed E-state index contributed by atoms with van der Waals surface area (Å²) in [7, 11) is 4.13. The van der Waals surface area contributed by atoms with Crippen LogP contribution in [-0.2, 0) is 17.6 Å². The van der Waals surface area contributed by atoms with Crippen LogP contribution in [0.25, 0.3) is 0 Å². The van der Waals surface area contributed by atoms with Crippen molar-refractivity contribution < 1.29 is 4.74 Å². The highest BCUT2D eigenvalue weighted by atomic mass is 16.5. The number of hydrogen-bond donors (Lipinski definition) is 0. The van der Waals surface area contributed by atoms with Crippen molar-refractivity contribution in [3.05, 3.63) is 65.0 Å². The molecule has 0 unspecified atom stereocenters. The smallest absolute Gasteiger partial charge is 0.125 e. The summed E-state index contributed by atoms with van der Waals surface area (Å²) < 4.78 is 6.31. The van der Waals surface area contributed by atoms with Crippen LogP contribution >= 0.6 is 0 Å². The summed E-state index contributed by atoms with van der Waals surface area (Å²) in [4.78, 5) is 6.71. The van der Waals surface area contributed by atoms with Gasteiger partial charge in [-0.2, -0.15) is 0 Å². The third kappa shape index (κ3) is 4.63. The van der Waals surface area contributed by atoms with E-state index < -0.39 is 0 Å². The molecule has 1 aromatic carbocycles. The van der Waals surface area contributed by atoms with Crippen LogP contribution in [0, 0.1) is 0 Å². The molecular weight excluding hydrogens is 284 g/mol. The normalized spacial score (nSPS) is 12.6. The molecule has 1 aromatic heterocycles. The number of benzene rings is 1. The first-order valence-corrected chi connectivity index (χ1v) is 8.45. The number of aryl methyl sites for hydroxylation is 2. The Kier molecular flexibility index (Phi) is 6.75. The van der Waals surface area contributed by atoms with Crippen molar-refractivity contribution in [3.8, 4) is 0 Å². The predicted molar refractivity (Wildman–Crippen MR) is 95.8 cm³/mol. The first-order valence-electron chi connectivity index (χ1n) is 8.45. The first-order chi connectivity index (χ1) is 11.2. The molecule has 3 heteroatoms. The van der Waals surface area contributed by atoms with Crippen LogP contribution in [0.4, 0.5) is 0 Å². The lowest BCUT2D eigenvalue weighted by Crippen LogP contribution is -2.21. The van der Waals surface area contributed by atoms with Crippen LogP contribution in [0.1, 0.15) is 42.3 Å². The molecule has 1 heterocycles. The van der Waals surface area contributed by atoms with E-state index in [1.807, 2.05) is 18.3 Å². The Hall–Kier alpha value is -1.71. The maximum atomic E-state index is 6.31. The average molecular weight is 312 g/mol. The van der Waals surface area contributed by atoms with Crippen molar-refractivity contribution in [2.45, 2.75) is 32.8 Å². The van der Waals surface area contributed by atoms with Gasteiger partial charge in [-0.25, -0.2) is 0 Å². The fourth-order valence-corrected chi connectivity index (χ4v) is 2.82. The minimum absolute atomic E-state index is 0.0951. The molecule has 124 valence electrons. The zero-order valence-electron chi connectivity index (χ0n) is 14.7. The Bertz CT molecular complexity index is 574. The van der Waals surface area contributed by atoms with E-state index in [2.05, 4.69) is 62.1 Å². The number of nitrogens with zero attached hydrogens (tertiary/aromatic N) is 2. The second kappa shape index (κ2) is 8.80. The van der Waals surface area contributed by atoms with Gasteiger partial charge in [0.15, 0.2) is 0 Å². The topological polar surface area (TPSA) is 25.4 Å². The molecule has 0 spiro atoms. The van der Waals surface area contributed by atoms with E-state index in [9.17, 15) is 0 Å². The van der Waals surface area contributed by atoms with E-state index in [1.54, 1.807) is 0 Å². The highest BCUT2D eigenvalue weighted by molar-refractivity contribution is 5.40. The van der Waals surface area contributed by atoms with E-state index >= 15 is 0 Å². The van der Waals surface area contributed by atoms with Gasteiger partial charge in [-0.05, 0) is 55.8 Å². The van der Waals surface area contributed by atoms with Gasteiger partial charge in [-0.1, -0.05) is 38.1 Å². The monoisotopic (exact) mass is 312 g/mol. The van der Waals surface area contributed by atoms with Crippen molar-refractivity contribution in [3.63, 3.8) is 0 Å². The Labute approximate surface area is 140 Å². The molecule has 23 heavy (non-hydrogen) atoms. The molecule has 2 aromatic rings. The van der Waals surface area contributed by atoms with E-state index in [0.29, 0.717) is 6.61 Å². The van der Waals surface area contributed by atoms with Crippen molar-refractivity contribution in [1.29, 1.82) is 0 Å². The second-order valence-electron chi connectivity index (χ2n) is 6.01.